The van der Waals surface area contributed by atoms with Crippen molar-refractivity contribution in [2.75, 3.05) is 6.54 Å². The smallest absolute Gasteiger partial charge is 0.300 e. The summed E-state index contributed by atoms with van der Waals surface area (Å²) in [5.74, 6) is -0.658. The molecule has 0 radical (unpaired) electrons. The maximum absolute atomic E-state index is 12.7. The second-order valence-corrected chi connectivity index (χ2v) is 8.61. The quantitative estimate of drug-likeness (QED) is 0.636. The third-order valence-corrected chi connectivity index (χ3v) is 5.93. The number of aromatic nitrogens is 2. The van der Waals surface area contributed by atoms with Crippen LogP contribution in [0.5, 0.6) is 0 Å². The summed E-state index contributed by atoms with van der Waals surface area (Å²) in [5.41, 5.74) is 2.60. The van der Waals surface area contributed by atoms with Gasteiger partial charge in [0.2, 0.25) is 0 Å². The second-order valence-electron chi connectivity index (χ2n) is 8.61. The number of aryl methyl sites for hydroxylation is 1. The van der Waals surface area contributed by atoms with Crippen LogP contribution in [0.1, 0.15) is 75.8 Å². The summed E-state index contributed by atoms with van der Waals surface area (Å²) in [4.78, 5) is 50.0. The van der Waals surface area contributed by atoms with Gasteiger partial charge in [0, 0.05) is 50.3 Å². The lowest BCUT2D eigenvalue weighted by atomic mass is 9.85. The topological polar surface area (TPSA) is 130 Å². The lowest BCUT2D eigenvalue weighted by Gasteiger charge is -2.29. The number of carbonyl (C=O) groups is 4. The zero-order chi connectivity index (χ0) is 24.0. The Hall–Kier alpha value is -3.49. The van der Waals surface area contributed by atoms with Crippen LogP contribution >= 0.6 is 0 Å². The summed E-state index contributed by atoms with van der Waals surface area (Å²) in [6.07, 6.45) is 8.27. The van der Waals surface area contributed by atoms with E-state index in [2.05, 4.69) is 15.6 Å². The Bertz CT molecular complexity index is 1040. The summed E-state index contributed by atoms with van der Waals surface area (Å²) in [6.45, 7) is 1.66. The predicted molar refractivity (Wildman–Crippen MR) is 121 cm³/mol. The van der Waals surface area contributed by atoms with Gasteiger partial charge in [-0.2, -0.15) is 0 Å². The summed E-state index contributed by atoms with van der Waals surface area (Å²) in [6, 6.07) is 5.47. The molecule has 0 spiro atoms. The molecule has 33 heavy (non-hydrogen) atoms. The third-order valence-electron chi connectivity index (χ3n) is 5.93. The van der Waals surface area contributed by atoms with E-state index in [4.69, 9.17) is 9.90 Å². The van der Waals surface area contributed by atoms with Crippen molar-refractivity contribution in [2.24, 2.45) is 13.0 Å². The number of imidazole rings is 1. The molecule has 1 saturated carbocycles. The van der Waals surface area contributed by atoms with Crippen molar-refractivity contribution in [3.63, 3.8) is 0 Å². The number of carbonyl (C=O) groups excluding carboxylic acids is 3. The van der Waals surface area contributed by atoms with Crippen LogP contribution in [0.2, 0.25) is 0 Å². The first-order chi connectivity index (χ1) is 15.7. The van der Waals surface area contributed by atoms with E-state index in [9.17, 15) is 14.4 Å². The Morgan fingerprint density at radius 2 is 1.94 bits per heavy atom. The molecule has 0 saturated heterocycles. The van der Waals surface area contributed by atoms with Gasteiger partial charge < -0.3 is 20.3 Å². The molecule has 4 rings (SSSR count). The highest BCUT2D eigenvalue weighted by atomic mass is 16.4. The molecule has 0 unspecified atom stereocenters. The van der Waals surface area contributed by atoms with Crippen LogP contribution in [0.3, 0.4) is 0 Å². The fourth-order valence-corrected chi connectivity index (χ4v) is 4.43. The zero-order valence-electron chi connectivity index (χ0n) is 19.0. The largest absolute Gasteiger partial charge is 0.481 e. The molecule has 0 aliphatic heterocycles. The molecule has 3 N–H and O–H groups in total. The molecule has 2 atom stereocenters. The summed E-state index contributed by atoms with van der Waals surface area (Å²) in [7, 11) is 1.83. The van der Waals surface area contributed by atoms with Gasteiger partial charge in [0.15, 0.2) is 5.78 Å². The molecule has 0 bridgehead atoms. The minimum absolute atomic E-state index is 0.0961. The number of hydrogen-bond acceptors (Lipinski definition) is 5. The standard InChI is InChI=1S/C22H26N4O3.C2H4O2/c1-26-12-19(24-13-26)22(29)25-15-5-2-4-14(10-15)11-23-21(28)18-7-3-6-17-16(18)8-9-20(17)27;1-2(3)4/h3,6-7,12-15H,2,4-5,8-11H2,1H3,(H,23,28)(H,25,29);1H3,(H,3,4)/t14-,15+;/m1./s1. The molecule has 2 aliphatic rings. The number of hydrogen-bond donors (Lipinski definition) is 3. The average molecular weight is 455 g/mol. The van der Waals surface area contributed by atoms with Gasteiger partial charge in [0.25, 0.3) is 17.8 Å². The number of fused-ring (bicyclic) bond motifs is 1. The van der Waals surface area contributed by atoms with Crippen LogP contribution in [0.4, 0.5) is 0 Å². The highest BCUT2D eigenvalue weighted by Gasteiger charge is 2.27. The number of rotatable bonds is 5. The molecular weight excluding hydrogens is 424 g/mol. The Kier molecular flexibility index (Phi) is 7.97. The molecular formula is C24H30N4O5. The zero-order valence-corrected chi connectivity index (χ0v) is 19.0. The van der Waals surface area contributed by atoms with Gasteiger partial charge >= 0.3 is 0 Å². The highest BCUT2D eigenvalue weighted by molar-refractivity contribution is 6.05. The number of nitrogens with zero attached hydrogens (tertiary/aromatic N) is 2. The molecule has 9 heteroatoms. The number of amides is 2. The monoisotopic (exact) mass is 454 g/mol. The van der Waals surface area contributed by atoms with Crippen LogP contribution in [0.15, 0.2) is 30.7 Å². The normalized spacial score (nSPS) is 19.2. The highest BCUT2D eigenvalue weighted by Crippen LogP contribution is 2.26. The number of Topliss-reactive ketones (excluding diaryl/α,β-unsaturated/α-hetero) is 1. The van der Waals surface area contributed by atoms with Crippen molar-refractivity contribution < 1.29 is 24.3 Å². The van der Waals surface area contributed by atoms with E-state index in [0.29, 0.717) is 42.1 Å². The Labute approximate surface area is 192 Å². The number of nitrogens with one attached hydrogen (secondary N) is 2. The number of benzene rings is 1. The van der Waals surface area contributed by atoms with Gasteiger partial charge in [0.1, 0.15) is 5.69 Å². The lowest BCUT2D eigenvalue weighted by Crippen LogP contribution is -2.41. The molecule has 9 nitrogen and oxygen atoms in total. The van der Waals surface area contributed by atoms with Crippen molar-refractivity contribution in [1.29, 1.82) is 0 Å². The third kappa shape index (κ3) is 6.50. The maximum Gasteiger partial charge on any atom is 0.300 e. The van der Waals surface area contributed by atoms with E-state index >= 15 is 0 Å². The van der Waals surface area contributed by atoms with Crippen molar-refractivity contribution in [3.05, 3.63) is 53.1 Å². The van der Waals surface area contributed by atoms with E-state index in [-0.39, 0.29) is 23.6 Å². The number of ketones is 1. The van der Waals surface area contributed by atoms with Crippen LogP contribution in [0.25, 0.3) is 0 Å². The summed E-state index contributed by atoms with van der Waals surface area (Å²) in [5, 5.41) is 13.5. The number of carboxylic acids is 1. The Balaban J connectivity index is 0.000000709. The maximum atomic E-state index is 12.7. The second kappa shape index (κ2) is 10.9. The summed E-state index contributed by atoms with van der Waals surface area (Å²) < 4.78 is 1.75. The van der Waals surface area contributed by atoms with Gasteiger partial charge in [-0.3, -0.25) is 19.2 Å². The molecule has 2 amide bonds. The summed E-state index contributed by atoms with van der Waals surface area (Å²) >= 11 is 0. The van der Waals surface area contributed by atoms with Gasteiger partial charge in [-0.05, 0) is 43.2 Å². The minimum atomic E-state index is -0.833. The molecule has 2 aliphatic carbocycles. The van der Waals surface area contributed by atoms with E-state index in [0.717, 1.165) is 38.2 Å². The van der Waals surface area contributed by atoms with Crippen LogP contribution in [-0.2, 0) is 18.3 Å². The van der Waals surface area contributed by atoms with E-state index in [1.807, 2.05) is 7.05 Å². The van der Waals surface area contributed by atoms with Crippen LogP contribution in [0, 0.1) is 5.92 Å². The van der Waals surface area contributed by atoms with Gasteiger partial charge in [0.05, 0.1) is 6.33 Å². The van der Waals surface area contributed by atoms with Gasteiger partial charge in [-0.15, -0.1) is 0 Å². The Morgan fingerprint density at radius 3 is 2.64 bits per heavy atom. The predicted octanol–water partition coefficient (Wildman–Crippen LogP) is 2.36. The number of aliphatic carboxylic acids is 1. The molecule has 1 aromatic heterocycles. The van der Waals surface area contributed by atoms with Crippen molar-refractivity contribution >= 4 is 23.6 Å². The van der Waals surface area contributed by atoms with Gasteiger partial charge in [-0.1, -0.05) is 18.6 Å². The van der Waals surface area contributed by atoms with E-state index < -0.39 is 5.97 Å². The molecule has 1 aromatic carbocycles. The molecule has 1 fully saturated rings. The Morgan fingerprint density at radius 1 is 1.18 bits per heavy atom. The van der Waals surface area contributed by atoms with Crippen molar-refractivity contribution in [1.82, 2.24) is 20.2 Å². The first kappa shape index (κ1) is 24.2. The average Bonchev–Trinajstić information content (AvgIpc) is 3.38. The van der Waals surface area contributed by atoms with Crippen LogP contribution < -0.4 is 10.6 Å². The van der Waals surface area contributed by atoms with E-state index in [1.165, 1.54) is 0 Å². The first-order valence-electron chi connectivity index (χ1n) is 11.2. The molecule has 2 aromatic rings. The fourth-order valence-electron chi connectivity index (χ4n) is 4.43. The van der Waals surface area contributed by atoms with Crippen molar-refractivity contribution in [2.45, 2.75) is 51.5 Å². The van der Waals surface area contributed by atoms with Crippen LogP contribution in [-0.4, -0.2) is 50.8 Å². The van der Waals surface area contributed by atoms with Crippen molar-refractivity contribution in [3.8, 4) is 0 Å². The lowest BCUT2D eigenvalue weighted by molar-refractivity contribution is -0.134. The van der Waals surface area contributed by atoms with Gasteiger partial charge in [-0.25, -0.2) is 4.98 Å². The fraction of sp³-hybridized carbons (Fsp3) is 0.458. The minimum Gasteiger partial charge on any atom is -0.481 e. The van der Waals surface area contributed by atoms with E-state index in [1.54, 1.807) is 35.3 Å². The number of carboxylic acid groups (broad SMARTS) is 1. The molecule has 176 valence electrons. The first-order valence-corrected chi connectivity index (χ1v) is 11.2. The molecule has 1 heterocycles. The SMILES string of the molecule is CC(=O)O.Cn1cnc(C(=O)N[C@H]2CCC[C@@H](CNC(=O)c3cccc4c3CCC4=O)C2)c1.